The van der Waals surface area contributed by atoms with Gasteiger partial charge in [0.1, 0.15) is 11.4 Å². The molecule has 5 N–H and O–H groups in total. The van der Waals surface area contributed by atoms with E-state index < -0.39 is 11.4 Å². The van der Waals surface area contributed by atoms with Gasteiger partial charge in [-0.2, -0.15) is 11.8 Å². The van der Waals surface area contributed by atoms with Crippen molar-refractivity contribution in [2.24, 2.45) is 5.73 Å². The maximum absolute atomic E-state index is 12.6. The third kappa shape index (κ3) is 10.2. The summed E-state index contributed by atoms with van der Waals surface area (Å²) in [5, 5.41) is 5.19. The smallest absolute Gasteiger partial charge is 0.240 e. The van der Waals surface area contributed by atoms with Crippen molar-refractivity contribution in [2.75, 3.05) is 74.9 Å². The topological polar surface area (TPSA) is 123 Å². The number of benzene rings is 1. The molecule has 1 unspecified atom stereocenters. The summed E-state index contributed by atoms with van der Waals surface area (Å²) < 4.78 is 3.21. The summed E-state index contributed by atoms with van der Waals surface area (Å²) in [5.74, 6) is 0.330. The molecule has 1 aliphatic rings. The van der Waals surface area contributed by atoms with Gasteiger partial charge in [-0.15, -0.1) is 0 Å². The van der Waals surface area contributed by atoms with Crippen molar-refractivity contribution in [1.82, 2.24) is 20.0 Å². The molecule has 0 saturated carbocycles. The van der Waals surface area contributed by atoms with Crippen LogP contribution in [0.15, 0.2) is 24.3 Å². The Bertz CT molecular complexity index is 836. The summed E-state index contributed by atoms with van der Waals surface area (Å²) >= 11 is 2.86. The van der Waals surface area contributed by atoms with Gasteiger partial charge in [0, 0.05) is 76.3 Å². The van der Waals surface area contributed by atoms with E-state index >= 15 is 0 Å². The van der Waals surface area contributed by atoms with E-state index in [0.29, 0.717) is 25.2 Å². The molecule has 0 radical (unpaired) electrons. The van der Waals surface area contributed by atoms with E-state index in [-0.39, 0.29) is 17.7 Å². The van der Waals surface area contributed by atoms with Gasteiger partial charge in [-0.3, -0.25) is 14.4 Å². The molecule has 3 amide bonds. The van der Waals surface area contributed by atoms with Crippen molar-refractivity contribution in [2.45, 2.75) is 31.7 Å². The predicted molar refractivity (Wildman–Crippen MR) is 151 cm³/mol. The fourth-order valence-corrected chi connectivity index (χ4v) is 5.13. The van der Waals surface area contributed by atoms with Gasteiger partial charge in [-0.05, 0) is 56.4 Å². The number of piperazine rings is 1. The number of hydrogen-bond acceptors (Lipinski definition) is 9. The lowest BCUT2D eigenvalue weighted by atomic mass is 10.2. The highest BCUT2D eigenvalue weighted by Gasteiger charge is 2.31. The first-order valence-electron chi connectivity index (χ1n) is 12.3. The van der Waals surface area contributed by atoms with Crippen molar-refractivity contribution >= 4 is 52.8 Å². The number of likely N-dealkylation sites (N-methyl/N-ethyl adjacent to an activating group) is 2. The Kier molecular flexibility index (Phi) is 13.4. The molecule has 1 fully saturated rings. The first-order chi connectivity index (χ1) is 17.2. The minimum atomic E-state index is -0.896. The lowest BCUT2D eigenvalue weighted by Crippen LogP contribution is -2.55. The summed E-state index contributed by atoms with van der Waals surface area (Å²) in [7, 11) is 2.11. The summed E-state index contributed by atoms with van der Waals surface area (Å²) in [6.45, 7) is 9.08. The lowest BCUT2D eigenvalue weighted by Gasteiger charge is -2.33. The van der Waals surface area contributed by atoms with Crippen LogP contribution in [-0.2, 0) is 14.4 Å². The first-order valence-corrected chi connectivity index (χ1v) is 14.5. The van der Waals surface area contributed by atoms with Crippen LogP contribution in [0.25, 0.3) is 0 Å². The summed E-state index contributed by atoms with van der Waals surface area (Å²) in [6, 6.07) is 6.43. The Labute approximate surface area is 223 Å². The summed E-state index contributed by atoms with van der Waals surface area (Å²) in [5.41, 5.74) is 7.75. The number of nitrogens with zero attached hydrogens (tertiary/aromatic N) is 3. The van der Waals surface area contributed by atoms with Crippen molar-refractivity contribution in [3.8, 4) is 0 Å². The largest absolute Gasteiger partial charge is 0.354 e. The number of amides is 3. The fraction of sp³-hybridized carbons (Fsp3) is 0.625. The minimum absolute atomic E-state index is 0.0115. The molecule has 0 aliphatic carbocycles. The zero-order chi connectivity index (χ0) is 26.5. The molecule has 1 heterocycles. The first kappa shape index (κ1) is 30.2. The Balaban J connectivity index is 1.89. The van der Waals surface area contributed by atoms with Gasteiger partial charge in [0.25, 0.3) is 0 Å². The Morgan fingerprint density at radius 3 is 2.33 bits per heavy atom. The second kappa shape index (κ2) is 16.0. The van der Waals surface area contributed by atoms with Crippen LogP contribution in [-0.4, -0.2) is 109 Å². The third-order valence-corrected chi connectivity index (χ3v) is 7.74. The number of carbonyl (C=O) groups is 3. The normalized spacial score (nSPS) is 16.1. The zero-order valence-electron chi connectivity index (χ0n) is 21.8. The van der Waals surface area contributed by atoms with Gasteiger partial charge < -0.3 is 35.8 Å². The zero-order valence-corrected chi connectivity index (χ0v) is 23.4. The van der Waals surface area contributed by atoms with Gasteiger partial charge in [-0.25, -0.2) is 0 Å². The number of nitrogens with two attached hydrogens (primary N) is 1. The molecule has 202 valence electrons. The fourth-order valence-electron chi connectivity index (χ4n) is 3.74. The number of thioether (sulfide) groups is 1. The van der Waals surface area contributed by atoms with E-state index in [0.717, 1.165) is 44.2 Å². The lowest BCUT2D eigenvalue weighted by molar-refractivity contribution is -0.131. The van der Waals surface area contributed by atoms with E-state index in [1.807, 2.05) is 37.4 Å². The second-order valence-electron chi connectivity index (χ2n) is 8.75. The van der Waals surface area contributed by atoms with Crippen molar-refractivity contribution in [3.05, 3.63) is 24.3 Å². The van der Waals surface area contributed by atoms with Gasteiger partial charge >= 0.3 is 0 Å². The van der Waals surface area contributed by atoms with E-state index in [2.05, 4.69) is 32.2 Å². The molecule has 1 aromatic carbocycles. The highest BCUT2D eigenvalue weighted by Crippen LogP contribution is 2.23. The maximum Gasteiger partial charge on any atom is 0.240 e. The molecule has 12 heteroatoms. The summed E-state index contributed by atoms with van der Waals surface area (Å²) in [4.78, 5) is 43.3. The highest BCUT2D eigenvalue weighted by atomic mass is 32.2. The molecule has 1 aliphatic heterocycles. The minimum Gasteiger partial charge on any atom is -0.354 e. The standard InChI is InChI=1S/C24H41N7O3S2/c1-5-31(18(2)32)24(22(25)23(34)26-11-17-35-4)36-28-20-8-6-19(7-9-20)27-21(33)10-12-30-15-13-29(3)14-16-30/h6-9,22,24,28H,5,10-17,25H2,1-4H3,(H,26,34)(H,27,33)/t22-,24?/m1/s1. The molecule has 0 bridgehead atoms. The van der Waals surface area contributed by atoms with Gasteiger partial charge in [0.15, 0.2) is 0 Å². The number of rotatable bonds is 14. The molecule has 0 aromatic heterocycles. The van der Waals surface area contributed by atoms with E-state index in [9.17, 15) is 14.4 Å². The van der Waals surface area contributed by atoms with Gasteiger partial charge in [-0.1, -0.05) is 0 Å². The molecule has 1 saturated heterocycles. The number of nitrogens with one attached hydrogen (secondary N) is 3. The SMILES string of the molecule is CCN(C(C)=O)C(SNc1ccc(NC(=O)CCN2CCN(C)CC2)cc1)[C@H](N)C(=O)NCCSC. The molecule has 1 aromatic rings. The van der Waals surface area contributed by atoms with Crippen LogP contribution in [0, 0.1) is 0 Å². The predicted octanol–water partition coefficient (Wildman–Crippen LogP) is 1.32. The quantitative estimate of drug-likeness (QED) is 0.157. The van der Waals surface area contributed by atoms with Crippen molar-refractivity contribution < 1.29 is 14.4 Å². The van der Waals surface area contributed by atoms with Gasteiger partial charge in [0.2, 0.25) is 17.7 Å². The average molecular weight is 540 g/mol. The van der Waals surface area contributed by atoms with Crippen LogP contribution >= 0.6 is 23.7 Å². The monoisotopic (exact) mass is 539 g/mol. The number of carbonyl (C=O) groups excluding carboxylic acids is 3. The van der Waals surface area contributed by atoms with Crippen molar-refractivity contribution in [1.29, 1.82) is 0 Å². The van der Waals surface area contributed by atoms with E-state index in [4.69, 9.17) is 5.73 Å². The summed E-state index contributed by atoms with van der Waals surface area (Å²) in [6.07, 6.45) is 2.42. The van der Waals surface area contributed by atoms with Crippen LogP contribution in [0.3, 0.4) is 0 Å². The number of anilines is 2. The van der Waals surface area contributed by atoms with Gasteiger partial charge in [0.05, 0.1) is 0 Å². The Hall–Kier alpha value is -1.99. The van der Waals surface area contributed by atoms with Crippen LogP contribution in [0.2, 0.25) is 0 Å². The van der Waals surface area contributed by atoms with Crippen molar-refractivity contribution in [3.63, 3.8) is 0 Å². The Morgan fingerprint density at radius 2 is 1.75 bits per heavy atom. The second-order valence-corrected chi connectivity index (χ2v) is 10.7. The van der Waals surface area contributed by atoms with Crippen LogP contribution < -0.4 is 21.1 Å². The molecule has 2 atom stereocenters. The molecule has 36 heavy (non-hydrogen) atoms. The molecule has 0 spiro atoms. The van der Waals surface area contributed by atoms with E-state index in [1.54, 1.807) is 16.7 Å². The highest BCUT2D eigenvalue weighted by molar-refractivity contribution is 8.01. The molecular weight excluding hydrogens is 498 g/mol. The van der Waals surface area contributed by atoms with Crippen LogP contribution in [0.1, 0.15) is 20.3 Å². The maximum atomic E-state index is 12.6. The number of hydrogen-bond donors (Lipinski definition) is 4. The average Bonchev–Trinajstić information content (AvgIpc) is 2.86. The van der Waals surface area contributed by atoms with Crippen LogP contribution in [0.4, 0.5) is 11.4 Å². The molecule has 10 nitrogen and oxygen atoms in total. The Morgan fingerprint density at radius 1 is 1.11 bits per heavy atom. The molecule has 2 rings (SSSR count). The third-order valence-electron chi connectivity index (χ3n) is 5.98. The molecular formula is C24H41N7O3S2. The van der Waals surface area contributed by atoms with Crippen LogP contribution in [0.5, 0.6) is 0 Å². The van der Waals surface area contributed by atoms with E-state index in [1.165, 1.54) is 18.9 Å².